The molecule has 0 bridgehead atoms. The summed E-state index contributed by atoms with van der Waals surface area (Å²) in [6.07, 6.45) is 1.79. The van der Waals surface area contributed by atoms with E-state index in [1.165, 1.54) is 12.1 Å². The number of hydrogen-bond acceptors (Lipinski definition) is 2. The highest BCUT2D eigenvalue weighted by molar-refractivity contribution is 5.87. The van der Waals surface area contributed by atoms with Crippen molar-refractivity contribution in [1.29, 1.82) is 0 Å². The average Bonchev–Trinajstić information content (AvgIpc) is 2.82. The lowest BCUT2D eigenvalue weighted by Gasteiger charge is -2.11. The van der Waals surface area contributed by atoms with Crippen LogP contribution in [0.2, 0.25) is 0 Å². The number of aromatic nitrogens is 1. The van der Waals surface area contributed by atoms with E-state index in [9.17, 15) is 9.18 Å². The molecule has 0 aliphatic carbocycles. The Balaban J connectivity index is 2.26. The van der Waals surface area contributed by atoms with Gasteiger partial charge in [-0.3, -0.25) is 0 Å². The van der Waals surface area contributed by atoms with Gasteiger partial charge in [-0.2, -0.15) is 0 Å². The molecule has 0 saturated heterocycles. The second-order valence-electron chi connectivity index (χ2n) is 4.31. The molecule has 0 amide bonds. The molecule has 2 rings (SSSR count). The highest BCUT2D eigenvalue weighted by Crippen LogP contribution is 2.14. The summed E-state index contributed by atoms with van der Waals surface area (Å²) in [6, 6.07) is 8.14. The van der Waals surface area contributed by atoms with E-state index in [-0.39, 0.29) is 11.8 Å². The molecule has 100 valence electrons. The molecular formula is C15H16FNO2. The Hall–Kier alpha value is -2.10. The third-order valence-electron chi connectivity index (χ3n) is 2.97. The van der Waals surface area contributed by atoms with Crippen molar-refractivity contribution in [3.05, 3.63) is 59.2 Å². The number of carbonyl (C=O) groups excluding carboxylic acids is 1. The van der Waals surface area contributed by atoms with Gasteiger partial charge in [-0.05, 0) is 49.2 Å². The molecule has 0 fully saturated rings. The zero-order chi connectivity index (χ0) is 13.8. The van der Waals surface area contributed by atoms with Gasteiger partial charge in [0.1, 0.15) is 11.5 Å². The summed E-state index contributed by atoms with van der Waals surface area (Å²) in [4.78, 5) is 11.8. The quantitative estimate of drug-likeness (QED) is 0.792. The van der Waals surface area contributed by atoms with Crippen LogP contribution >= 0.6 is 0 Å². The maximum Gasteiger partial charge on any atom is 0.354 e. The third kappa shape index (κ3) is 3.02. The number of benzene rings is 1. The molecule has 1 aromatic heterocycles. The lowest BCUT2D eigenvalue weighted by Crippen LogP contribution is -2.12. The minimum atomic E-state index is -0.360. The highest BCUT2D eigenvalue weighted by Gasteiger charge is 2.12. The zero-order valence-corrected chi connectivity index (χ0v) is 11.0. The van der Waals surface area contributed by atoms with Crippen LogP contribution in [0.25, 0.3) is 0 Å². The van der Waals surface area contributed by atoms with E-state index < -0.39 is 0 Å². The van der Waals surface area contributed by atoms with Crippen LogP contribution < -0.4 is 0 Å². The van der Waals surface area contributed by atoms with Crippen molar-refractivity contribution in [2.45, 2.75) is 20.4 Å². The average molecular weight is 261 g/mol. The van der Waals surface area contributed by atoms with E-state index in [0.717, 1.165) is 11.1 Å². The molecule has 0 aliphatic rings. The van der Waals surface area contributed by atoms with Gasteiger partial charge in [0.15, 0.2) is 0 Å². The summed E-state index contributed by atoms with van der Waals surface area (Å²) >= 11 is 0. The van der Waals surface area contributed by atoms with E-state index >= 15 is 0 Å². The number of halogens is 1. The van der Waals surface area contributed by atoms with Crippen LogP contribution in [0.15, 0.2) is 36.5 Å². The smallest absolute Gasteiger partial charge is 0.354 e. The molecule has 0 spiro atoms. The first-order chi connectivity index (χ1) is 9.11. The van der Waals surface area contributed by atoms with Crippen molar-refractivity contribution in [3.8, 4) is 0 Å². The van der Waals surface area contributed by atoms with Gasteiger partial charge < -0.3 is 9.30 Å². The van der Waals surface area contributed by atoms with Gasteiger partial charge in [-0.15, -0.1) is 0 Å². The lowest BCUT2D eigenvalue weighted by atomic mass is 10.1. The number of hydrogen-bond donors (Lipinski definition) is 0. The molecular weight excluding hydrogens is 245 g/mol. The number of carbonyl (C=O) groups is 1. The van der Waals surface area contributed by atoms with Crippen molar-refractivity contribution < 1.29 is 13.9 Å². The number of nitrogens with zero attached hydrogens (tertiary/aromatic N) is 1. The summed E-state index contributed by atoms with van der Waals surface area (Å²) in [5, 5.41) is 0. The van der Waals surface area contributed by atoms with Gasteiger partial charge in [0.25, 0.3) is 0 Å². The maximum atomic E-state index is 13.3. The SMILES string of the molecule is CCOC(=O)c1cccn1Cc1cc(F)ccc1C. The van der Waals surface area contributed by atoms with Crippen molar-refractivity contribution in [1.82, 2.24) is 4.57 Å². The van der Waals surface area contributed by atoms with Crippen LogP contribution in [-0.4, -0.2) is 17.1 Å². The van der Waals surface area contributed by atoms with Gasteiger partial charge in [0, 0.05) is 12.7 Å². The minimum Gasteiger partial charge on any atom is -0.461 e. The van der Waals surface area contributed by atoms with Gasteiger partial charge in [0.05, 0.1) is 6.61 Å². The third-order valence-corrected chi connectivity index (χ3v) is 2.97. The van der Waals surface area contributed by atoms with Crippen LogP contribution in [0.4, 0.5) is 4.39 Å². The first-order valence-corrected chi connectivity index (χ1v) is 6.19. The summed E-state index contributed by atoms with van der Waals surface area (Å²) in [7, 11) is 0. The summed E-state index contributed by atoms with van der Waals surface area (Å²) < 4.78 is 20.0. The van der Waals surface area contributed by atoms with Crippen LogP contribution in [0.1, 0.15) is 28.5 Å². The molecule has 0 atom stereocenters. The minimum absolute atomic E-state index is 0.273. The molecule has 4 heteroatoms. The molecule has 2 aromatic rings. The van der Waals surface area contributed by atoms with E-state index in [2.05, 4.69) is 0 Å². The first-order valence-electron chi connectivity index (χ1n) is 6.19. The van der Waals surface area contributed by atoms with E-state index in [0.29, 0.717) is 18.8 Å². The predicted octanol–water partition coefficient (Wildman–Crippen LogP) is 3.16. The Labute approximate surface area is 111 Å². The molecule has 0 aliphatic heterocycles. The second kappa shape index (κ2) is 5.69. The molecule has 19 heavy (non-hydrogen) atoms. The van der Waals surface area contributed by atoms with Gasteiger partial charge >= 0.3 is 5.97 Å². The first kappa shape index (κ1) is 13.3. The molecule has 1 heterocycles. The number of rotatable bonds is 4. The number of esters is 1. The van der Waals surface area contributed by atoms with Gasteiger partial charge in [-0.1, -0.05) is 6.07 Å². The topological polar surface area (TPSA) is 31.2 Å². The van der Waals surface area contributed by atoms with Crippen LogP contribution in [-0.2, 0) is 11.3 Å². The molecule has 0 saturated carbocycles. The molecule has 0 N–H and O–H groups in total. The number of ether oxygens (including phenoxy) is 1. The lowest BCUT2D eigenvalue weighted by molar-refractivity contribution is 0.0514. The second-order valence-corrected chi connectivity index (χ2v) is 4.31. The van der Waals surface area contributed by atoms with Crippen LogP contribution in [0.5, 0.6) is 0 Å². The van der Waals surface area contributed by atoms with Gasteiger partial charge in [0.2, 0.25) is 0 Å². The van der Waals surface area contributed by atoms with E-state index in [1.807, 2.05) is 6.92 Å². The number of aryl methyl sites for hydroxylation is 1. The van der Waals surface area contributed by atoms with Crippen molar-refractivity contribution in [3.63, 3.8) is 0 Å². The maximum absolute atomic E-state index is 13.3. The Kier molecular flexibility index (Phi) is 4.00. The molecule has 1 aromatic carbocycles. The fourth-order valence-corrected chi connectivity index (χ4v) is 1.94. The molecule has 3 nitrogen and oxygen atoms in total. The molecule has 0 radical (unpaired) electrons. The fraction of sp³-hybridized carbons (Fsp3) is 0.267. The Morgan fingerprint density at radius 2 is 2.16 bits per heavy atom. The van der Waals surface area contributed by atoms with Crippen LogP contribution in [0.3, 0.4) is 0 Å². The normalized spacial score (nSPS) is 10.5. The Morgan fingerprint density at radius 3 is 2.89 bits per heavy atom. The summed E-state index contributed by atoms with van der Waals surface area (Å²) in [5.41, 5.74) is 2.32. The Morgan fingerprint density at radius 1 is 1.37 bits per heavy atom. The fourth-order valence-electron chi connectivity index (χ4n) is 1.94. The van der Waals surface area contributed by atoms with Crippen molar-refractivity contribution in [2.24, 2.45) is 0 Å². The van der Waals surface area contributed by atoms with Crippen molar-refractivity contribution in [2.75, 3.05) is 6.61 Å². The summed E-state index contributed by atoms with van der Waals surface area (Å²) in [5.74, 6) is -0.632. The largest absolute Gasteiger partial charge is 0.461 e. The van der Waals surface area contributed by atoms with E-state index in [1.54, 1.807) is 35.9 Å². The monoisotopic (exact) mass is 261 g/mol. The summed E-state index contributed by atoms with van der Waals surface area (Å²) in [6.45, 7) is 4.47. The standard InChI is InChI=1S/C15H16FNO2/c1-3-19-15(18)14-5-4-8-17(14)10-12-9-13(16)7-6-11(12)2/h4-9H,3,10H2,1-2H3. The predicted molar refractivity (Wildman–Crippen MR) is 70.6 cm³/mol. The molecule has 0 unspecified atom stereocenters. The Bertz CT molecular complexity index is 590. The van der Waals surface area contributed by atoms with E-state index in [4.69, 9.17) is 4.74 Å². The highest BCUT2D eigenvalue weighted by atomic mass is 19.1. The van der Waals surface area contributed by atoms with Crippen LogP contribution in [0, 0.1) is 12.7 Å². The van der Waals surface area contributed by atoms with Crippen molar-refractivity contribution >= 4 is 5.97 Å². The zero-order valence-electron chi connectivity index (χ0n) is 11.0. The van der Waals surface area contributed by atoms with Gasteiger partial charge in [-0.25, -0.2) is 9.18 Å².